The Morgan fingerprint density at radius 2 is 1.11 bits per heavy atom. The maximum Gasteiger partial charge on any atom is 0.178 e. The van der Waals surface area contributed by atoms with Crippen LogP contribution >= 0.6 is 24.4 Å². The fourth-order valence-corrected chi connectivity index (χ4v) is 4.65. The molecule has 0 radical (unpaired) electrons. The van der Waals surface area contributed by atoms with Crippen molar-refractivity contribution in [1.29, 1.82) is 0 Å². The Morgan fingerprint density at radius 1 is 0.611 bits per heavy atom. The highest BCUT2D eigenvalue weighted by molar-refractivity contribution is 7.80. The molecule has 4 nitrogen and oxygen atoms in total. The van der Waals surface area contributed by atoms with E-state index < -0.39 is 0 Å². The molecule has 0 aliphatic carbocycles. The first-order chi connectivity index (χ1) is 17.7. The SMILES string of the molecule is CCCCCCCCNC(=S)Nc1ccc(N(C(=S)NCCCCCCCC)c2ccccc2)cc1. The van der Waals surface area contributed by atoms with Gasteiger partial charge in [-0.3, -0.25) is 4.90 Å². The summed E-state index contributed by atoms with van der Waals surface area (Å²) in [5.74, 6) is 0. The lowest BCUT2D eigenvalue weighted by molar-refractivity contribution is 0.602. The van der Waals surface area contributed by atoms with Crippen LogP contribution in [0.5, 0.6) is 0 Å². The zero-order chi connectivity index (χ0) is 25.8. The van der Waals surface area contributed by atoms with Crippen LogP contribution in [0.1, 0.15) is 90.9 Å². The van der Waals surface area contributed by atoms with E-state index >= 15 is 0 Å². The number of anilines is 3. The summed E-state index contributed by atoms with van der Waals surface area (Å²) in [6.45, 7) is 6.31. The highest BCUT2D eigenvalue weighted by Crippen LogP contribution is 2.27. The molecule has 2 rings (SSSR count). The fourth-order valence-electron chi connectivity index (χ4n) is 4.12. The molecule has 0 unspecified atom stereocenters. The Morgan fingerprint density at radius 3 is 1.69 bits per heavy atom. The molecule has 0 atom stereocenters. The summed E-state index contributed by atoms with van der Waals surface area (Å²) < 4.78 is 0. The molecular weight excluding hydrogens is 480 g/mol. The van der Waals surface area contributed by atoms with Crippen LogP contribution in [-0.2, 0) is 0 Å². The monoisotopic (exact) mass is 526 g/mol. The minimum Gasteiger partial charge on any atom is -0.362 e. The van der Waals surface area contributed by atoms with Crippen molar-refractivity contribution in [1.82, 2.24) is 10.6 Å². The van der Waals surface area contributed by atoms with E-state index in [-0.39, 0.29) is 0 Å². The van der Waals surface area contributed by atoms with E-state index in [1.807, 2.05) is 18.2 Å². The summed E-state index contributed by atoms with van der Waals surface area (Å²) >= 11 is 11.3. The van der Waals surface area contributed by atoms with Crippen molar-refractivity contribution in [3.05, 3.63) is 54.6 Å². The molecule has 3 N–H and O–H groups in total. The Bertz CT molecular complexity index is 855. The molecule has 2 aromatic carbocycles. The van der Waals surface area contributed by atoms with Crippen molar-refractivity contribution in [2.75, 3.05) is 23.3 Å². The van der Waals surface area contributed by atoms with Gasteiger partial charge >= 0.3 is 0 Å². The van der Waals surface area contributed by atoms with E-state index in [9.17, 15) is 0 Å². The molecule has 0 fully saturated rings. The molecule has 0 spiro atoms. The second kappa shape index (κ2) is 19.0. The number of benzene rings is 2. The van der Waals surface area contributed by atoms with Crippen molar-refractivity contribution < 1.29 is 0 Å². The Hall–Kier alpha value is -2.18. The van der Waals surface area contributed by atoms with E-state index in [2.05, 4.69) is 71.1 Å². The molecule has 0 aliphatic rings. The summed E-state index contributed by atoms with van der Waals surface area (Å²) in [6.07, 6.45) is 15.3. The summed E-state index contributed by atoms with van der Waals surface area (Å²) in [7, 11) is 0. The number of hydrogen-bond donors (Lipinski definition) is 3. The predicted octanol–water partition coefficient (Wildman–Crippen LogP) is 8.71. The zero-order valence-corrected chi connectivity index (χ0v) is 24.0. The van der Waals surface area contributed by atoms with Crippen molar-refractivity contribution >= 4 is 51.7 Å². The lowest BCUT2D eigenvalue weighted by Crippen LogP contribution is -2.37. The second-order valence-electron chi connectivity index (χ2n) is 9.37. The number of rotatable bonds is 17. The normalized spacial score (nSPS) is 10.6. The van der Waals surface area contributed by atoms with E-state index in [0.29, 0.717) is 5.11 Å². The highest BCUT2D eigenvalue weighted by atomic mass is 32.1. The molecule has 0 heterocycles. The first kappa shape index (κ1) is 30.0. The third-order valence-electron chi connectivity index (χ3n) is 6.22. The van der Waals surface area contributed by atoms with Gasteiger partial charge in [0.2, 0.25) is 0 Å². The minimum absolute atomic E-state index is 0.673. The van der Waals surface area contributed by atoms with Gasteiger partial charge in [-0.1, -0.05) is 96.3 Å². The van der Waals surface area contributed by atoms with Crippen LogP contribution < -0.4 is 20.9 Å². The second-order valence-corrected chi connectivity index (χ2v) is 10.2. The third kappa shape index (κ3) is 12.2. The van der Waals surface area contributed by atoms with Crippen LogP contribution in [0.4, 0.5) is 17.1 Å². The topological polar surface area (TPSA) is 39.3 Å². The van der Waals surface area contributed by atoms with Crippen LogP contribution in [0.15, 0.2) is 54.6 Å². The minimum atomic E-state index is 0.673. The molecule has 198 valence electrons. The van der Waals surface area contributed by atoms with Gasteiger partial charge in [0.25, 0.3) is 0 Å². The van der Waals surface area contributed by atoms with Crippen molar-refractivity contribution in [3.8, 4) is 0 Å². The molecule has 0 amide bonds. The van der Waals surface area contributed by atoms with Gasteiger partial charge in [0.05, 0.1) is 0 Å². The molecule has 0 saturated carbocycles. The van der Waals surface area contributed by atoms with E-state index in [4.69, 9.17) is 24.4 Å². The predicted molar refractivity (Wildman–Crippen MR) is 167 cm³/mol. The van der Waals surface area contributed by atoms with Crippen molar-refractivity contribution in [3.63, 3.8) is 0 Å². The van der Waals surface area contributed by atoms with E-state index in [1.54, 1.807) is 0 Å². The maximum absolute atomic E-state index is 5.82. The van der Waals surface area contributed by atoms with Crippen LogP contribution in [0, 0.1) is 0 Å². The van der Waals surface area contributed by atoms with Crippen LogP contribution in [0.3, 0.4) is 0 Å². The average Bonchev–Trinajstić information content (AvgIpc) is 2.89. The Balaban J connectivity index is 1.86. The summed E-state index contributed by atoms with van der Waals surface area (Å²) in [4.78, 5) is 2.10. The molecule has 6 heteroatoms. The average molecular weight is 527 g/mol. The summed E-state index contributed by atoms with van der Waals surface area (Å²) in [6, 6.07) is 18.6. The summed E-state index contributed by atoms with van der Waals surface area (Å²) in [5, 5.41) is 11.5. The first-order valence-electron chi connectivity index (χ1n) is 13.9. The third-order valence-corrected chi connectivity index (χ3v) is 6.80. The molecule has 36 heavy (non-hydrogen) atoms. The lowest BCUT2D eigenvalue weighted by Gasteiger charge is -2.26. The molecule has 0 aromatic heterocycles. The highest BCUT2D eigenvalue weighted by Gasteiger charge is 2.14. The molecular formula is C30H46N4S2. The van der Waals surface area contributed by atoms with Gasteiger partial charge in [0.15, 0.2) is 10.2 Å². The van der Waals surface area contributed by atoms with Gasteiger partial charge in [0, 0.05) is 30.2 Å². The summed E-state index contributed by atoms with van der Waals surface area (Å²) in [5.41, 5.74) is 3.05. The van der Waals surface area contributed by atoms with Gasteiger partial charge < -0.3 is 16.0 Å². The van der Waals surface area contributed by atoms with Gasteiger partial charge in [-0.15, -0.1) is 0 Å². The van der Waals surface area contributed by atoms with Crippen LogP contribution in [-0.4, -0.2) is 23.3 Å². The largest absolute Gasteiger partial charge is 0.362 e. The number of thiocarbonyl (C=S) groups is 2. The number of unbranched alkanes of at least 4 members (excludes halogenated alkanes) is 10. The fraction of sp³-hybridized carbons (Fsp3) is 0.533. The first-order valence-corrected chi connectivity index (χ1v) is 14.7. The molecule has 2 aromatic rings. The number of nitrogens with one attached hydrogen (secondary N) is 3. The molecule has 0 saturated heterocycles. The van der Waals surface area contributed by atoms with Crippen LogP contribution in [0.2, 0.25) is 0 Å². The maximum atomic E-state index is 5.82. The standard InChI is InChI=1S/C30H46N4S2/c1-3-5-7-9-11-16-24-31-29(35)33-26-20-22-28(23-21-26)34(27-18-14-13-15-19-27)30(36)32-25-17-12-10-8-6-4-2/h13-15,18-23H,3-12,16-17,24-25H2,1-2H3,(H,32,36)(H2,31,33,35). The molecule has 0 aliphatic heterocycles. The number of para-hydroxylation sites is 1. The van der Waals surface area contributed by atoms with Gasteiger partial charge in [0.1, 0.15) is 0 Å². The van der Waals surface area contributed by atoms with E-state index in [1.165, 1.54) is 64.2 Å². The number of hydrogen-bond acceptors (Lipinski definition) is 2. The van der Waals surface area contributed by atoms with Gasteiger partial charge in [-0.25, -0.2) is 0 Å². The van der Waals surface area contributed by atoms with Gasteiger partial charge in [-0.2, -0.15) is 0 Å². The Kier molecular flexibility index (Phi) is 15.9. The lowest BCUT2D eigenvalue weighted by atomic mass is 10.1. The number of nitrogens with zero attached hydrogens (tertiary/aromatic N) is 1. The Labute approximate surface area is 230 Å². The van der Waals surface area contributed by atoms with Crippen molar-refractivity contribution in [2.24, 2.45) is 0 Å². The van der Waals surface area contributed by atoms with Gasteiger partial charge in [-0.05, 0) is 73.7 Å². The molecule has 0 bridgehead atoms. The smallest absolute Gasteiger partial charge is 0.178 e. The zero-order valence-electron chi connectivity index (χ0n) is 22.4. The van der Waals surface area contributed by atoms with Crippen LogP contribution in [0.25, 0.3) is 0 Å². The van der Waals surface area contributed by atoms with E-state index in [0.717, 1.165) is 48.1 Å². The van der Waals surface area contributed by atoms with Crippen molar-refractivity contribution in [2.45, 2.75) is 90.9 Å². The quantitative estimate of drug-likeness (QED) is 0.141.